The van der Waals surface area contributed by atoms with E-state index >= 15 is 0 Å². The Hall–Kier alpha value is -1.84. The average Bonchev–Trinajstić information content (AvgIpc) is 2.40. The Morgan fingerprint density at radius 2 is 1.86 bits per heavy atom. The second-order valence-electron chi connectivity index (χ2n) is 6.15. The van der Waals surface area contributed by atoms with E-state index < -0.39 is 5.54 Å². The van der Waals surface area contributed by atoms with E-state index in [1.165, 1.54) is 5.56 Å². The van der Waals surface area contributed by atoms with Gasteiger partial charge in [0, 0.05) is 18.7 Å². The Morgan fingerprint density at radius 1 is 1.29 bits per heavy atom. The lowest BCUT2D eigenvalue weighted by Gasteiger charge is -2.44. The van der Waals surface area contributed by atoms with Crippen LogP contribution in [0.1, 0.15) is 43.4 Å². The van der Waals surface area contributed by atoms with Crippen LogP contribution in [0.5, 0.6) is 0 Å². The fourth-order valence-electron chi connectivity index (χ4n) is 2.94. The van der Waals surface area contributed by atoms with Gasteiger partial charge in [-0.2, -0.15) is 0 Å². The highest BCUT2D eigenvalue weighted by atomic mass is 16.2. The molecule has 0 saturated carbocycles. The lowest BCUT2D eigenvalue weighted by molar-refractivity contribution is -0.154. The summed E-state index contributed by atoms with van der Waals surface area (Å²) in [5, 5.41) is 3.03. The van der Waals surface area contributed by atoms with Gasteiger partial charge in [0.05, 0.1) is 0 Å². The largest absolute Gasteiger partial charge is 0.328 e. The highest BCUT2D eigenvalue weighted by molar-refractivity contribution is 6.02. The number of anilines is 1. The number of amides is 2. The number of nitrogens with zero attached hydrogens (tertiary/aromatic N) is 1. The predicted molar refractivity (Wildman–Crippen MR) is 84.3 cm³/mol. The van der Waals surface area contributed by atoms with Crippen molar-refractivity contribution in [2.24, 2.45) is 0 Å². The number of carbonyl (C=O) groups is 2. The minimum absolute atomic E-state index is 0.0619. The van der Waals surface area contributed by atoms with E-state index in [9.17, 15) is 9.59 Å². The molecule has 1 heterocycles. The molecule has 1 N–H and O–H groups in total. The molecule has 4 heteroatoms. The number of hydrogen-bond donors (Lipinski definition) is 1. The number of rotatable bonds is 4. The van der Waals surface area contributed by atoms with Crippen LogP contribution in [0, 0.1) is 20.8 Å². The zero-order valence-corrected chi connectivity index (χ0v) is 13.5. The topological polar surface area (TPSA) is 49.4 Å². The first-order chi connectivity index (χ1) is 9.79. The van der Waals surface area contributed by atoms with Gasteiger partial charge in [0.1, 0.15) is 5.54 Å². The number of likely N-dealkylation sites (tertiary alicyclic amines) is 1. The van der Waals surface area contributed by atoms with Crippen molar-refractivity contribution in [1.82, 2.24) is 4.90 Å². The van der Waals surface area contributed by atoms with Crippen LogP contribution in [-0.4, -0.2) is 28.8 Å². The molecule has 2 rings (SSSR count). The number of nitrogens with one attached hydrogen (secondary N) is 1. The van der Waals surface area contributed by atoms with Gasteiger partial charge in [0.15, 0.2) is 0 Å². The highest BCUT2D eigenvalue weighted by Gasteiger charge is 2.44. The van der Waals surface area contributed by atoms with Gasteiger partial charge in [-0.05, 0) is 45.2 Å². The molecule has 0 radical (unpaired) electrons. The molecule has 1 atom stereocenters. The molecule has 4 nitrogen and oxygen atoms in total. The normalized spacial score (nSPS) is 17.2. The molecule has 1 aliphatic rings. The second-order valence-corrected chi connectivity index (χ2v) is 6.15. The van der Waals surface area contributed by atoms with Gasteiger partial charge < -0.3 is 10.2 Å². The Kier molecular flexibility index (Phi) is 4.08. The van der Waals surface area contributed by atoms with E-state index in [1.54, 1.807) is 4.90 Å². The maximum Gasteiger partial charge on any atom is 0.250 e. The number of aryl methyl sites for hydroxylation is 3. The summed E-state index contributed by atoms with van der Waals surface area (Å²) in [7, 11) is 0. The minimum Gasteiger partial charge on any atom is -0.328 e. The molecular weight excluding hydrogens is 264 g/mol. The summed E-state index contributed by atoms with van der Waals surface area (Å²) in [5.41, 5.74) is 3.37. The third-order valence-electron chi connectivity index (χ3n) is 4.54. The summed E-state index contributed by atoms with van der Waals surface area (Å²) in [4.78, 5) is 26.1. The number of hydrogen-bond acceptors (Lipinski definition) is 2. The molecule has 1 unspecified atom stereocenters. The van der Waals surface area contributed by atoms with Crippen LogP contribution in [0.2, 0.25) is 0 Å². The third-order valence-corrected chi connectivity index (χ3v) is 4.54. The molecule has 0 spiro atoms. The smallest absolute Gasteiger partial charge is 0.250 e. The first kappa shape index (κ1) is 15.5. The van der Waals surface area contributed by atoms with Crippen molar-refractivity contribution < 1.29 is 9.59 Å². The zero-order valence-electron chi connectivity index (χ0n) is 13.5. The van der Waals surface area contributed by atoms with Crippen molar-refractivity contribution in [3.05, 3.63) is 28.8 Å². The van der Waals surface area contributed by atoms with Crippen LogP contribution in [0.15, 0.2) is 12.1 Å². The molecule has 1 saturated heterocycles. The third kappa shape index (κ3) is 2.67. The van der Waals surface area contributed by atoms with E-state index in [0.29, 0.717) is 19.4 Å². The Morgan fingerprint density at radius 3 is 2.24 bits per heavy atom. The fourth-order valence-corrected chi connectivity index (χ4v) is 2.94. The van der Waals surface area contributed by atoms with Crippen LogP contribution in [0.3, 0.4) is 0 Å². The quantitative estimate of drug-likeness (QED) is 0.866. The molecule has 0 bridgehead atoms. The maximum atomic E-state index is 12.7. The molecule has 21 heavy (non-hydrogen) atoms. The molecular formula is C17H24N2O2. The van der Waals surface area contributed by atoms with Crippen LogP contribution in [-0.2, 0) is 9.59 Å². The standard InChI is InChI=1S/C17H24N2O2/c1-6-17(5,19-8-7-14(19)20)16(21)18-15-12(3)9-11(2)10-13(15)4/h9-10H,6-8H2,1-5H3,(H,18,21). The second kappa shape index (κ2) is 5.51. The zero-order chi connectivity index (χ0) is 15.8. The average molecular weight is 288 g/mol. The van der Waals surface area contributed by atoms with Gasteiger partial charge in [0.25, 0.3) is 0 Å². The lowest BCUT2D eigenvalue weighted by Crippen LogP contribution is -2.62. The van der Waals surface area contributed by atoms with Crippen LogP contribution in [0.25, 0.3) is 0 Å². The molecule has 0 aromatic heterocycles. The van der Waals surface area contributed by atoms with Gasteiger partial charge >= 0.3 is 0 Å². The number of β-lactam (4-membered cyclic amide) rings is 1. The van der Waals surface area contributed by atoms with Gasteiger partial charge in [-0.25, -0.2) is 0 Å². The lowest BCUT2D eigenvalue weighted by atomic mass is 9.90. The van der Waals surface area contributed by atoms with Gasteiger partial charge in [-0.15, -0.1) is 0 Å². The molecule has 1 aromatic carbocycles. The number of benzene rings is 1. The SMILES string of the molecule is CCC(C)(C(=O)Nc1c(C)cc(C)cc1C)N1CCC1=O. The van der Waals surface area contributed by atoms with Crippen molar-refractivity contribution in [3.8, 4) is 0 Å². The van der Waals surface area contributed by atoms with E-state index in [4.69, 9.17) is 0 Å². The molecule has 114 valence electrons. The first-order valence-corrected chi connectivity index (χ1v) is 7.49. The van der Waals surface area contributed by atoms with E-state index in [0.717, 1.165) is 16.8 Å². The van der Waals surface area contributed by atoms with Crippen LogP contribution < -0.4 is 5.32 Å². The van der Waals surface area contributed by atoms with Crippen molar-refractivity contribution in [1.29, 1.82) is 0 Å². The maximum absolute atomic E-state index is 12.7. The highest BCUT2D eigenvalue weighted by Crippen LogP contribution is 2.29. The Balaban J connectivity index is 2.26. The molecule has 2 amide bonds. The van der Waals surface area contributed by atoms with Crippen molar-refractivity contribution in [2.45, 2.75) is 53.0 Å². The molecule has 0 aliphatic carbocycles. The molecule has 1 fully saturated rings. The molecule has 1 aromatic rings. The van der Waals surface area contributed by atoms with Gasteiger partial charge in [-0.3, -0.25) is 9.59 Å². The summed E-state index contributed by atoms with van der Waals surface area (Å²) in [6.45, 7) is 10.5. The summed E-state index contributed by atoms with van der Waals surface area (Å²) in [6.07, 6.45) is 1.15. The van der Waals surface area contributed by atoms with E-state index in [2.05, 4.69) is 17.4 Å². The van der Waals surface area contributed by atoms with Gasteiger partial charge in [-0.1, -0.05) is 24.6 Å². The minimum atomic E-state index is -0.765. The van der Waals surface area contributed by atoms with Crippen molar-refractivity contribution in [2.75, 3.05) is 11.9 Å². The first-order valence-electron chi connectivity index (χ1n) is 7.49. The van der Waals surface area contributed by atoms with Gasteiger partial charge in [0.2, 0.25) is 11.8 Å². The molecule has 1 aliphatic heterocycles. The predicted octanol–water partition coefficient (Wildman–Crippen LogP) is 2.95. The van der Waals surface area contributed by atoms with E-state index in [-0.39, 0.29) is 11.8 Å². The summed E-state index contributed by atoms with van der Waals surface area (Å²) in [6, 6.07) is 4.11. The monoisotopic (exact) mass is 288 g/mol. The van der Waals surface area contributed by atoms with E-state index in [1.807, 2.05) is 34.6 Å². The summed E-state index contributed by atoms with van der Waals surface area (Å²) in [5.74, 6) is -0.0417. The van der Waals surface area contributed by atoms with Crippen molar-refractivity contribution >= 4 is 17.5 Å². The fraction of sp³-hybridized carbons (Fsp3) is 0.529. The summed E-state index contributed by atoms with van der Waals surface area (Å²) >= 11 is 0. The Bertz CT molecular complexity index is 571. The summed E-state index contributed by atoms with van der Waals surface area (Å²) < 4.78 is 0. The van der Waals surface area contributed by atoms with Crippen LogP contribution >= 0.6 is 0 Å². The Labute approximate surface area is 126 Å². The van der Waals surface area contributed by atoms with Crippen molar-refractivity contribution in [3.63, 3.8) is 0 Å². The van der Waals surface area contributed by atoms with Crippen LogP contribution in [0.4, 0.5) is 5.69 Å². The number of carbonyl (C=O) groups excluding carboxylic acids is 2.